The summed E-state index contributed by atoms with van der Waals surface area (Å²) in [4.78, 5) is 26.5. The molecule has 1 aliphatic heterocycles. The molecule has 3 aromatic heterocycles. The lowest BCUT2D eigenvalue weighted by Crippen LogP contribution is -2.42. The van der Waals surface area contributed by atoms with E-state index < -0.39 is 10.6 Å². The molecule has 6 rings (SSSR count). The molecule has 0 bridgehead atoms. The van der Waals surface area contributed by atoms with E-state index in [1.165, 1.54) is 0 Å². The Morgan fingerprint density at radius 1 is 1.08 bits per heavy atom. The summed E-state index contributed by atoms with van der Waals surface area (Å²) in [5.41, 5.74) is 2.48. The third-order valence-corrected chi connectivity index (χ3v) is 9.64. The fraction of sp³-hybridized carbons (Fsp3) is 0.400. The minimum atomic E-state index is -2.45. The van der Waals surface area contributed by atoms with Gasteiger partial charge in [-0.1, -0.05) is 6.07 Å². The monoisotopic (exact) mass is 585 g/mol. The first kappa shape index (κ1) is 24.5. The van der Waals surface area contributed by atoms with Gasteiger partial charge < -0.3 is 10.6 Å². The zero-order chi connectivity index (χ0) is 25.6. The number of nitrogens with one attached hydrogen (secondary N) is 2. The summed E-state index contributed by atoms with van der Waals surface area (Å²) >= 11 is 3.53. The van der Waals surface area contributed by atoms with Crippen molar-refractivity contribution >= 4 is 60.3 Å². The van der Waals surface area contributed by atoms with Gasteiger partial charge in [-0.05, 0) is 72.3 Å². The van der Waals surface area contributed by atoms with Gasteiger partial charge in [0.05, 0.1) is 16.6 Å². The Bertz CT molecular complexity index is 1470. The van der Waals surface area contributed by atoms with Crippen LogP contribution in [0.4, 0.5) is 5.95 Å². The van der Waals surface area contributed by atoms with Gasteiger partial charge in [0.15, 0.2) is 5.65 Å². The summed E-state index contributed by atoms with van der Waals surface area (Å²) in [6.07, 6.45) is 7.12. The lowest BCUT2D eigenvalue weighted by atomic mass is 10.1. The number of hydrogen-bond acceptors (Lipinski definition) is 8. The van der Waals surface area contributed by atoms with E-state index >= 15 is 0 Å². The first-order valence-electron chi connectivity index (χ1n) is 12.4. The Balaban J connectivity index is 1.15. The number of carbonyl (C=O) groups is 1. The van der Waals surface area contributed by atoms with Gasteiger partial charge in [-0.15, -0.1) is 0 Å². The van der Waals surface area contributed by atoms with Crippen molar-refractivity contribution in [2.75, 3.05) is 16.8 Å². The molecule has 1 saturated carbocycles. The fourth-order valence-corrected chi connectivity index (χ4v) is 7.18. The smallest absolute Gasteiger partial charge is 0.224 e. The second kappa shape index (κ2) is 9.82. The van der Waals surface area contributed by atoms with Crippen molar-refractivity contribution in [3.05, 3.63) is 47.3 Å². The molecule has 4 heterocycles. The largest absolute Gasteiger partial charge is 0.353 e. The number of fused-ring (bicyclic) bond motifs is 2. The molecule has 1 aliphatic carbocycles. The van der Waals surface area contributed by atoms with E-state index in [4.69, 9.17) is 4.98 Å². The van der Waals surface area contributed by atoms with Crippen LogP contribution in [0.15, 0.2) is 47.3 Å². The molecule has 4 aromatic rings. The topological polar surface area (TPSA) is 138 Å². The van der Waals surface area contributed by atoms with Crippen molar-refractivity contribution in [3.63, 3.8) is 0 Å². The van der Waals surface area contributed by atoms with Crippen LogP contribution in [0.3, 0.4) is 0 Å². The number of aromatic nitrogens is 5. The number of rotatable bonds is 5. The molecule has 4 N–H and O–H groups in total. The van der Waals surface area contributed by atoms with E-state index in [-0.39, 0.29) is 23.9 Å². The average molecular weight is 587 g/mol. The maximum absolute atomic E-state index is 12.8. The molecule has 37 heavy (non-hydrogen) atoms. The summed E-state index contributed by atoms with van der Waals surface area (Å²) in [7, 11) is -2.45. The lowest BCUT2D eigenvalue weighted by Gasteiger charge is -2.39. The van der Waals surface area contributed by atoms with Gasteiger partial charge in [-0.3, -0.25) is 18.9 Å². The number of pyridine rings is 1. The minimum Gasteiger partial charge on any atom is -0.353 e. The third-order valence-electron chi connectivity index (χ3n) is 7.28. The molecular formula is C25H28BrN7O3S. The van der Waals surface area contributed by atoms with Gasteiger partial charge in [0, 0.05) is 47.3 Å². The molecule has 12 heteroatoms. The number of halogens is 1. The van der Waals surface area contributed by atoms with Crippen LogP contribution in [-0.2, 0) is 4.79 Å². The van der Waals surface area contributed by atoms with Gasteiger partial charge in [-0.25, -0.2) is 9.67 Å². The Kier molecular flexibility index (Phi) is 6.51. The third kappa shape index (κ3) is 5.15. The molecule has 1 amide bonds. The Morgan fingerprint density at radius 3 is 2.76 bits per heavy atom. The summed E-state index contributed by atoms with van der Waals surface area (Å²) in [5.74, 6) is 1.23. The summed E-state index contributed by atoms with van der Waals surface area (Å²) < 4.78 is 22.1. The second-order valence-electron chi connectivity index (χ2n) is 9.86. The first-order chi connectivity index (χ1) is 17.8. The molecular weight excluding hydrogens is 558 g/mol. The fourth-order valence-electron chi connectivity index (χ4n) is 5.22. The van der Waals surface area contributed by atoms with Gasteiger partial charge in [-0.2, -0.15) is 20.7 Å². The maximum atomic E-state index is 12.8. The van der Waals surface area contributed by atoms with Crippen molar-refractivity contribution in [1.82, 2.24) is 30.0 Å². The number of hydrogen-bond donors (Lipinski definition) is 4. The Labute approximate surface area is 223 Å². The molecule has 2 aliphatic rings. The quantitative estimate of drug-likeness (QED) is 0.263. The number of nitrogens with zero attached hydrogens (tertiary/aromatic N) is 5. The van der Waals surface area contributed by atoms with E-state index in [2.05, 4.69) is 41.6 Å². The van der Waals surface area contributed by atoms with Crippen LogP contribution in [0.5, 0.6) is 0 Å². The molecule has 2 fully saturated rings. The van der Waals surface area contributed by atoms with Crippen LogP contribution in [0.25, 0.3) is 27.6 Å². The van der Waals surface area contributed by atoms with Gasteiger partial charge in [0.25, 0.3) is 0 Å². The molecule has 2 atom stereocenters. The highest BCUT2D eigenvalue weighted by Gasteiger charge is 2.33. The van der Waals surface area contributed by atoms with Crippen molar-refractivity contribution in [1.29, 1.82) is 0 Å². The number of carbonyl (C=O) groups excluding carboxylic acids is 1. The molecule has 10 nitrogen and oxygen atoms in total. The standard InChI is InChI=1S/C25H28BrN7O3S/c26-22-20-14-28-25(31-23(20)33(32-22)19-5-6-21-15(13-19)2-1-9-27-21)30-18-4-3-16(12-18)24(34)29-17-7-10-37(35,36)11-8-17/h1-2,5-6,9,13-14,16-18,35-36H,3-4,7-8,10-12H2,(H,29,34)(H,28,30,31)/t16-,18-/m1/s1. The van der Waals surface area contributed by atoms with Crippen molar-refractivity contribution < 1.29 is 13.9 Å². The zero-order valence-electron chi connectivity index (χ0n) is 20.0. The Morgan fingerprint density at radius 2 is 1.92 bits per heavy atom. The lowest BCUT2D eigenvalue weighted by molar-refractivity contribution is -0.125. The molecule has 0 unspecified atom stereocenters. The molecule has 0 spiro atoms. The predicted octanol–water partition coefficient (Wildman–Crippen LogP) is 4.74. The molecule has 1 aromatic carbocycles. The number of anilines is 1. The molecule has 194 valence electrons. The maximum Gasteiger partial charge on any atom is 0.224 e. The van der Waals surface area contributed by atoms with Gasteiger partial charge in [0.2, 0.25) is 11.9 Å². The van der Waals surface area contributed by atoms with Crippen LogP contribution in [0, 0.1) is 5.92 Å². The summed E-state index contributed by atoms with van der Waals surface area (Å²) in [6, 6.07) is 10.0. The van der Waals surface area contributed by atoms with Gasteiger partial charge in [0.1, 0.15) is 4.60 Å². The normalized spacial score (nSPS) is 22.8. The highest BCUT2D eigenvalue weighted by molar-refractivity contribution is 9.10. The van der Waals surface area contributed by atoms with Crippen LogP contribution in [0.1, 0.15) is 32.1 Å². The first-order valence-corrected chi connectivity index (χ1v) is 15.1. The zero-order valence-corrected chi connectivity index (χ0v) is 22.5. The predicted molar refractivity (Wildman–Crippen MR) is 148 cm³/mol. The van der Waals surface area contributed by atoms with Crippen LogP contribution < -0.4 is 10.6 Å². The van der Waals surface area contributed by atoms with E-state index in [0.717, 1.165) is 34.8 Å². The van der Waals surface area contributed by atoms with Crippen molar-refractivity contribution in [2.45, 2.75) is 44.2 Å². The van der Waals surface area contributed by atoms with Gasteiger partial charge >= 0.3 is 0 Å². The highest BCUT2D eigenvalue weighted by Crippen LogP contribution is 2.44. The van der Waals surface area contributed by atoms with Crippen LogP contribution in [-0.4, -0.2) is 63.3 Å². The van der Waals surface area contributed by atoms with E-state index in [1.807, 2.05) is 30.3 Å². The summed E-state index contributed by atoms with van der Waals surface area (Å²) in [5, 5.41) is 13.0. The minimum absolute atomic E-state index is 0.0230. The van der Waals surface area contributed by atoms with E-state index in [0.29, 0.717) is 47.0 Å². The average Bonchev–Trinajstić information content (AvgIpc) is 3.49. The van der Waals surface area contributed by atoms with Crippen molar-refractivity contribution in [3.8, 4) is 5.69 Å². The Hall–Kier alpha value is -2.80. The number of amides is 1. The molecule has 1 saturated heterocycles. The molecule has 0 radical (unpaired) electrons. The highest BCUT2D eigenvalue weighted by atomic mass is 79.9. The van der Waals surface area contributed by atoms with E-state index in [9.17, 15) is 13.9 Å². The second-order valence-corrected chi connectivity index (χ2v) is 13.0. The van der Waals surface area contributed by atoms with Crippen LogP contribution >= 0.6 is 26.5 Å². The van der Waals surface area contributed by atoms with Crippen molar-refractivity contribution in [2.24, 2.45) is 5.92 Å². The van der Waals surface area contributed by atoms with Crippen LogP contribution in [0.2, 0.25) is 0 Å². The summed E-state index contributed by atoms with van der Waals surface area (Å²) in [6.45, 7) is 0. The van der Waals surface area contributed by atoms with E-state index in [1.54, 1.807) is 17.1 Å². The SMILES string of the molecule is O=C(NC1CCS(O)(O)CC1)[C@@H]1CC[C@@H](Nc2ncc3c(Br)nn(-c4ccc5ncccc5c4)c3n2)C1. The number of benzene rings is 1.